The SMILES string of the molecule is C=CC(=O)OCC(CC)C1CCO1. The molecule has 0 aromatic heterocycles. The van der Waals surface area contributed by atoms with Crippen molar-refractivity contribution in [1.82, 2.24) is 0 Å². The Labute approximate surface area is 78.7 Å². The zero-order valence-electron chi connectivity index (χ0n) is 7.99. The molecule has 3 nitrogen and oxygen atoms in total. The Kier molecular flexibility index (Phi) is 3.96. The lowest BCUT2D eigenvalue weighted by molar-refractivity contribution is -0.145. The molecule has 1 saturated heterocycles. The minimum Gasteiger partial charge on any atom is -0.462 e. The molecule has 13 heavy (non-hydrogen) atoms. The molecule has 3 heteroatoms. The third-order valence-corrected chi connectivity index (χ3v) is 2.39. The monoisotopic (exact) mass is 184 g/mol. The Morgan fingerprint density at radius 1 is 1.85 bits per heavy atom. The first-order valence-electron chi connectivity index (χ1n) is 4.68. The van der Waals surface area contributed by atoms with Gasteiger partial charge in [0, 0.05) is 18.6 Å². The topological polar surface area (TPSA) is 35.5 Å². The van der Waals surface area contributed by atoms with Crippen LogP contribution >= 0.6 is 0 Å². The van der Waals surface area contributed by atoms with Gasteiger partial charge in [-0.2, -0.15) is 0 Å². The van der Waals surface area contributed by atoms with Gasteiger partial charge in [-0.05, 0) is 12.8 Å². The van der Waals surface area contributed by atoms with Crippen LogP contribution in [0.1, 0.15) is 19.8 Å². The summed E-state index contributed by atoms with van der Waals surface area (Å²) >= 11 is 0. The first kappa shape index (κ1) is 10.3. The van der Waals surface area contributed by atoms with Gasteiger partial charge in [0.2, 0.25) is 0 Å². The molecule has 0 saturated carbocycles. The van der Waals surface area contributed by atoms with Gasteiger partial charge in [0.25, 0.3) is 0 Å². The first-order chi connectivity index (χ1) is 6.27. The zero-order valence-corrected chi connectivity index (χ0v) is 7.99. The maximum absolute atomic E-state index is 10.8. The molecule has 1 fully saturated rings. The Bertz CT molecular complexity index is 185. The summed E-state index contributed by atoms with van der Waals surface area (Å²) in [5.41, 5.74) is 0. The largest absolute Gasteiger partial charge is 0.462 e. The fourth-order valence-electron chi connectivity index (χ4n) is 1.36. The van der Waals surface area contributed by atoms with E-state index in [1.54, 1.807) is 0 Å². The van der Waals surface area contributed by atoms with Crippen LogP contribution in [0.4, 0.5) is 0 Å². The van der Waals surface area contributed by atoms with Crippen molar-refractivity contribution in [2.75, 3.05) is 13.2 Å². The average molecular weight is 184 g/mol. The molecule has 1 heterocycles. The second-order valence-corrected chi connectivity index (χ2v) is 3.20. The highest BCUT2D eigenvalue weighted by Crippen LogP contribution is 2.23. The number of ether oxygens (including phenoxy) is 2. The van der Waals surface area contributed by atoms with E-state index in [1.807, 2.05) is 0 Å². The van der Waals surface area contributed by atoms with Crippen LogP contribution in [0.5, 0.6) is 0 Å². The predicted octanol–water partition coefficient (Wildman–Crippen LogP) is 1.53. The van der Waals surface area contributed by atoms with Crippen molar-refractivity contribution in [3.63, 3.8) is 0 Å². The van der Waals surface area contributed by atoms with E-state index < -0.39 is 0 Å². The molecule has 1 aliphatic rings. The second-order valence-electron chi connectivity index (χ2n) is 3.20. The van der Waals surface area contributed by atoms with Crippen molar-refractivity contribution in [1.29, 1.82) is 0 Å². The maximum Gasteiger partial charge on any atom is 0.330 e. The van der Waals surface area contributed by atoms with Crippen LogP contribution < -0.4 is 0 Å². The highest BCUT2D eigenvalue weighted by Gasteiger charge is 2.27. The summed E-state index contributed by atoms with van der Waals surface area (Å²) in [6, 6.07) is 0. The maximum atomic E-state index is 10.8. The Balaban J connectivity index is 2.22. The van der Waals surface area contributed by atoms with Gasteiger partial charge in [-0.1, -0.05) is 13.5 Å². The van der Waals surface area contributed by atoms with E-state index in [1.165, 1.54) is 6.08 Å². The van der Waals surface area contributed by atoms with E-state index in [9.17, 15) is 4.79 Å². The predicted molar refractivity (Wildman–Crippen MR) is 49.3 cm³/mol. The summed E-state index contributed by atoms with van der Waals surface area (Å²) in [7, 11) is 0. The third-order valence-electron chi connectivity index (χ3n) is 2.39. The molecule has 0 aliphatic carbocycles. The van der Waals surface area contributed by atoms with Crippen molar-refractivity contribution in [2.24, 2.45) is 5.92 Å². The summed E-state index contributed by atoms with van der Waals surface area (Å²) in [5, 5.41) is 0. The number of carbonyl (C=O) groups excluding carboxylic acids is 1. The van der Waals surface area contributed by atoms with Crippen molar-refractivity contribution in [2.45, 2.75) is 25.9 Å². The van der Waals surface area contributed by atoms with Crippen LogP contribution in [0.25, 0.3) is 0 Å². The van der Waals surface area contributed by atoms with E-state index in [2.05, 4.69) is 13.5 Å². The molecule has 0 aromatic rings. The molecule has 0 radical (unpaired) electrons. The molecule has 1 aliphatic heterocycles. The van der Waals surface area contributed by atoms with Crippen LogP contribution in [0.3, 0.4) is 0 Å². The Morgan fingerprint density at radius 3 is 2.92 bits per heavy atom. The fourth-order valence-corrected chi connectivity index (χ4v) is 1.36. The van der Waals surface area contributed by atoms with E-state index in [0.717, 1.165) is 19.4 Å². The molecule has 0 amide bonds. The number of esters is 1. The molecule has 0 aromatic carbocycles. The van der Waals surface area contributed by atoms with Crippen LogP contribution in [-0.2, 0) is 14.3 Å². The quantitative estimate of drug-likeness (QED) is 0.480. The van der Waals surface area contributed by atoms with E-state index in [-0.39, 0.29) is 5.97 Å². The molecule has 2 atom stereocenters. The van der Waals surface area contributed by atoms with Gasteiger partial charge in [-0.25, -0.2) is 4.79 Å². The normalized spacial score (nSPS) is 23.0. The standard InChI is InChI=1S/C10H16O3/c1-3-8(9-5-6-12-9)7-13-10(11)4-2/h4,8-9H,2-3,5-7H2,1H3. The molecular formula is C10H16O3. The lowest BCUT2D eigenvalue weighted by Gasteiger charge is -2.33. The summed E-state index contributed by atoms with van der Waals surface area (Å²) in [5.74, 6) is -0.00424. The van der Waals surface area contributed by atoms with Gasteiger partial charge in [0.1, 0.15) is 0 Å². The van der Waals surface area contributed by atoms with Crippen molar-refractivity contribution in [3.8, 4) is 0 Å². The minimum absolute atomic E-state index is 0.294. The van der Waals surface area contributed by atoms with Gasteiger partial charge < -0.3 is 9.47 Å². The molecule has 74 valence electrons. The smallest absolute Gasteiger partial charge is 0.330 e. The van der Waals surface area contributed by atoms with E-state index >= 15 is 0 Å². The van der Waals surface area contributed by atoms with Gasteiger partial charge in [-0.3, -0.25) is 0 Å². The van der Waals surface area contributed by atoms with Gasteiger partial charge in [0.05, 0.1) is 12.7 Å². The fraction of sp³-hybridized carbons (Fsp3) is 0.700. The molecular weight excluding hydrogens is 168 g/mol. The minimum atomic E-state index is -0.349. The van der Waals surface area contributed by atoms with Gasteiger partial charge >= 0.3 is 5.97 Å². The summed E-state index contributed by atoms with van der Waals surface area (Å²) < 4.78 is 10.3. The lowest BCUT2D eigenvalue weighted by atomic mass is 9.95. The van der Waals surface area contributed by atoms with Gasteiger partial charge in [-0.15, -0.1) is 0 Å². The molecule has 0 N–H and O–H groups in total. The number of carbonyl (C=O) groups is 1. The number of hydrogen-bond donors (Lipinski definition) is 0. The highest BCUT2D eigenvalue weighted by atomic mass is 16.5. The van der Waals surface area contributed by atoms with E-state index in [4.69, 9.17) is 9.47 Å². The summed E-state index contributed by atoms with van der Waals surface area (Å²) in [6.07, 6.45) is 3.55. The highest BCUT2D eigenvalue weighted by molar-refractivity contribution is 5.81. The average Bonchev–Trinajstić information content (AvgIpc) is 2.08. The summed E-state index contributed by atoms with van der Waals surface area (Å²) in [6.45, 7) is 6.71. The van der Waals surface area contributed by atoms with Crippen molar-refractivity contribution < 1.29 is 14.3 Å². The molecule has 0 bridgehead atoms. The first-order valence-corrected chi connectivity index (χ1v) is 4.68. The molecule has 2 unspecified atom stereocenters. The zero-order chi connectivity index (χ0) is 9.68. The Morgan fingerprint density at radius 2 is 2.54 bits per heavy atom. The van der Waals surface area contributed by atoms with Crippen LogP contribution in [0.15, 0.2) is 12.7 Å². The lowest BCUT2D eigenvalue weighted by Crippen LogP contribution is -2.36. The van der Waals surface area contributed by atoms with E-state index in [0.29, 0.717) is 18.6 Å². The van der Waals surface area contributed by atoms with Gasteiger partial charge in [0.15, 0.2) is 0 Å². The Hall–Kier alpha value is -0.830. The third kappa shape index (κ3) is 2.84. The second kappa shape index (κ2) is 5.02. The van der Waals surface area contributed by atoms with Crippen LogP contribution in [-0.4, -0.2) is 25.3 Å². The number of rotatable bonds is 5. The number of hydrogen-bond acceptors (Lipinski definition) is 3. The van der Waals surface area contributed by atoms with Crippen LogP contribution in [0.2, 0.25) is 0 Å². The molecule has 0 spiro atoms. The van der Waals surface area contributed by atoms with Crippen molar-refractivity contribution in [3.05, 3.63) is 12.7 Å². The molecule has 1 rings (SSSR count). The summed E-state index contributed by atoms with van der Waals surface area (Å²) in [4.78, 5) is 10.8. The van der Waals surface area contributed by atoms with Crippen molar-refractivity contribution >= 4 is 5.97 Å². The van der Waals surface area contributed by atoms with Crippen LogP contribution in [0, 0.1) is 5.92 Å².